The maximum atomic E-state index is 13.0. The first-order chi connectivity index (χ1) is 17.6. The molecule has 2 amide bonds. The third kappa shape index (κ3) is 4.77. The highest BCUT2D eigenvalue weighted by Crippen LogP contribution is 2.33. The van der Waals surface area contributed by atoms with E-state index in [1.54, 1.807) is 31.2 Å². The highest BCUT2D eigenvalue weighted by Gasteiger charge is 2.31. The largest absolute Gasteiger partial charge is 0.465 e. The van der Waals surface area contributed by atoms with Crippen LogP contribution in [-0.2, 0) is 19.1 Å². The number of ether oxygens (including phenoxy) is 1. The fraction of sp³-hybridized carbons (Fsp3) is 0.200. The fourth-order valence-corrected chi connectivity index (χ4v) is 4.27. The molecule has 4 aromatic rings. The number of nitrogens with one attached hydrogen (secondary N) is 1. The van der Waals surface area contributed by atoms with Gasteiger partial charge in [-0.2, -0.15) is 13.2 Å². The van der Waals surface area contributed by atoms with Crippen LogP contribution in [0.3, 0.4) is 0 Å². The van der Waals surface area contributed by atoms with Crippen LogP contribution in [0.25, 0.3) is 10.9 Å². The van der Waals surface area contributed by atoms with Crippen molar-refractivity contribution < 1.29 is 32.6 Å². The van der Waals surface area contributed by atoms with Crippen molar-refractivity contribution in [1.82, 2.24) is 19.4 Å². The number of amides is 2. The zero-order valence-electron chi connectivity index (χ0n) is 19.4. The van der Waals surface area contributed by atoms with Crippen LogP contribution in [0.1, 0.15) is 23.7 Å². The number of carbonyl (C=O) groups excluding carboxylic acids is 1. The van der Waals surface area contributed by atoms with Gasteiger partial charge in [0, 0.05) is 28.9 Å². The standard InChI is InChI=1S/C25H20F3N5O4/c1-14-9-19-20(12-33(14)24(35)36)29-13-30-22(19)37-18-5-6-21-15(10-18)7-8-32(21)23(34)31-17-4-2-3-16(11-17)25(26,27)28/h2-8,10-11,13-14H,9,12H2,1H3,(H,31,34)(H,35,36). The lowest BCUT2D eigenvalue weighted by Crippen LogP contribution is -2.42. The van der Waals surface area contributed by atoms with E-state index in [1.165, 1.54) is 34.1 Å². The first-order valence-corrected chi connectivity index (χ1v) is 11.2. The third-order valence-corrected chi connectivity index (χ3v) is 6.13. The smallest absolute Gasteiger partial charge is 0.416 e. The molecule has 1 atom stereocenters. The number of nitrogens with zero attached hydrogens (tertiary/aromatic N) is 4. The summed E-state index contributed by atoms with van der Waals surface area (Å²) in [5.41, 5.74) is 0.981. The Bertz CT molecular complexity index is 1520. The van der Waals surface area contributed by atoms with Gasteiger partial charge in [0.25, 0.3) is 0 Å². The second kappa shape index (κ2) is 9.12. The number of rotatable bonds is 3. The topological polar surface area (TPSA) is 110 Å². The van der Waals surface area contributed by atoms with E-state index in [0.717, 1.165) is 17.7 Å². The molecular formula is C25H20F3N5O4. The van der Waals surface area contributed by atoms with Crippen LogP contribution < -0.4 is 10.1 Å². The number of hydrogen-bond acceptors (Lipinski definition) is 5. The quantitative estimate of drug-likeness (QED) is 0.363. The van der Waals surface area contributed by atoms with Gasteiger partial charge in [-0.05, 0) is 55.8 Å². The Labute approximate surface area is 208 Å². The lowest BCUT2D eigenvalue weighted by atomic mass is 10.00. The molecule has 2 aromatic heterocycles. The maximum Gasteiger partial charge on any atom is 0.416 e. The van der Waals surface area contributed by atoms with E-state index in [4.69, 9.17) is 4.74 Å². The number of anilines is 1. The van der Waals surface area contributed by atoms with Gasteiger partial charge in [0.2, 0.25) is 5.88 Å². The molecule has 5 rings (SSSR count). The van der Waals surface area contributed by atoms with Crippen molar-refractivity contribution >= 4 is 28.7 Å². The molecule has 3 heterocycles. The highest BCUT2D eigenvalue weighted by atomic mass is 19.4. The third-order valence-electron chi connectivity index (χ3n) is 6.13. The van der Waals surface area contributed by atoms with Gasteiger partial charge in [-0.1, -0.05) is 6.07 Å². The van der Waals surface area contributed by atoms with Gasteiger partial charge in [-0.3, -0.25) is 9.47 Å². The SMILES string of the molecule is CC1Cc2c(ncnc2Oc2ccc3c(ccn3C(=O)Nc3cccc(C(F)(F)F)c3)c2)CN1C(=O)O. The van der Waals surface area contributed by atoms with Gasteiger partial charge in [-0.25, -0.2) is 19.6 Å². The Balaban J connectivity index is 1.36. The molecule has 1 aliphatic rings. The van der Waals surface area contributed by atoms with E-state index in [2.05, 4.69) is 15.3 Å². The Kier molecular flexibility index (Phi) is 5.94. The summed E-state index contributed by atoms with van der Waals surface area (Å²) in [5.74, 6) is 0.765. The predicted molar refractivity (Wildman–Crippen MR) is 127 cm³/mol. The summed E-state index contributed by atoms with van der Waals surface area (Å²) in [7, 11) is 0. The number of fused-ring (bicyclic) bond motifs is 2. The van der Waals surface area contributed by atoms with Crippen LogP contribution in [0.2, 0.25) is 0 Å². The van der Waals surface area contributed by atoms with Gasteiger partial charge in [0.15, 0.2) is 0 Å². The summed E-state index contributed by atoms with van der Waals surface area (Å²) in [5, 5.41) is 12.5. The second-order valence-electron chi connectivity index (χ2n) is 8.58. The van der Waals surface area contributed by atoms with Gasteiger partial charge >= 0.3 is 18.3 Å². The monoisotopic (exact) mass is 511 g/mol. The number of benzene rings is 2. The minimum atomic E-state index is -4.52. The minimum absolute atomic E-state index is 0.0193. The van der Waals surface area contributed by atoms with E-state index >= 15 is 0 Å². The van der Waals surface area contributed by atoms with Crippen molar-refractivity contribution in [3.63, 3.8) is 0 Å². The van der Waals surface area contributed by atoms with Gasteiger partial charge < -0.3 is 15.2 Å². The molecule has 1 aliphatic heterocycles. The molecule has 0 fully saturated rings. The molecule has 0 spiro atoms. The van der Waals surface area contributed by atoms with Gasteiger partial charge in [-0.15, -0.1) is 0 Å². The average Bonchev–Trinajstić information content (AvgIpc) is 3.27. The number of hydrogen-bond donors (Lipinski definition) is 2. The van der Waals surface area contributed by atoms with E-state index in [0.29, 0.717) is 34.6 Å². The molecule has 37 heavy (non-hydrogen) atoms. The van der Waals surface area contributed by atoms with E-state index < -0.39 is 23.9 Å². The zero-order chi connectivity index (χ0) is 26.3. The van der Waals surface area contributed by atoms with Crippen LogP contribution in [0.4, 0.5) is 28.4 Å². The Morgan fingerprint density at radius 3 is 2.70 bits per heavy atom. The molecule has 1 unspecified atom stereocenters. The van der Waals surface area contributed by atoms with E-state index in [-0.39, 0.29) is 18.3 Å². The van der Waals surface area contributed by atoms with Crippen molar-refractivity contribution in [2.24, 2.45) is 0 Å². The van der Waals surface area contributed by atoms with Crippen LogP contribution in [0.5, 0.6) is 11.6 Å². The zero-order valence-corrected chi connectivity index (χ0v) is 19.4. The number of alkyl halides is 3. The summed E-state index contributed by atoms with van der Waals surface area (Å²) in [6.07, 6.45) is -2.32. The fourth-order valence-electron chi connectivity index (χ4n) is 4.27. The van der Waals surface area contributed by atoms with Crippen LogP contribution in [-0.4, -0.2) is 42.7 Å². The molecule has 0 aliphatic carbocycles. The number of carbonyl (C=O) groups is 2. The maximum absolute atomic E-state index is 13.0. The summed E-state index contributed by atoms with van der Waals surface area (Å²) >= 11 is 0. The number of halogens is 3. The molecule has 0 radical (unpaired) electrons. The lowest BCUT2D eigenvalue weighted by molar-refractivity contribution is -0.137. The van der Waals surface area contributed by atoms with Crippen molar-refractivity contribution in [3.8, 4) is 11.6 Å². The molecular weight excluding hydrogens is 491 g/mol. The van der Waals surface area contributed by atoms with Crippen LogP contribution >= 0.6 is 0 Å². The molecule has 9 nitrogen and oxygen atoms in total. The summed E-state index contributed by atoms with van der Waals surface area (Å²) in [6.45, 7) is 1.93. The lowest BCUT2D eigenvalue weighted by Gasteiger charge is -2.32. The van der Waals surface area contributed by atoms with Crippen molar-refractivity contribution in [1.29, 1.82) is 0 Å². The summed E-state index contributed by atoms with van der Waals surface area (Å²) < 4.78 is 46.2. The Hall–Kier alpha value is -4.61. The molecule has 0 saturated heterocycles. The second-order valence-corrected chi connectivity index (χ2v) is 8.58. The van der Waals surface area contributed by atoms with Crippen LogP contribution in [0.15, 0.2) is 61.1 Å². The van der Waals surface area contributed by atoms with Gasteiger partial charge in [0.1, 0.15) is 12.1 Å². The predicted octanol–water partition coefficient (Wildman–Crippen LogP) is 5.75. The number of carboxylic acid groups (broad SMARTS) is 1. The van der Waals surface area contributed by atoms with Crippen molar-refractivity contribution in [2.45, 2.75) is 32.1 Å². The Morgan fingerprint density at radius 2 is 1.95 bits per heavy atom. The van der Waals surface area contributed by atoms with Gasteiger partial charge in [0.05, 0.1) is 23.3 Å². The molecule has 12 heteroatoms. The molecule has 0 bridgehead atoms. The first-order valence-electron chi connectivity index (χ1n) is 11.2. The first kappa shape index (κ1) is 24.1. The molecule has 2 aromatic carbocycles. The molecule has 2 N–H and O–H groups in total. The van der Waals surface area contributed by atoms with Crippen molar-refractivity contribution in [3.05, 3.63) is 77.9 Å². The highest BCUT2D eigenvalue weighted by molar-refractivity contribution is 5.98. The molecule has 190 valence electrons. The van der Waals surface area contributed by atoms with Crippen molar-refractivity contribution in [2.75, 3.05) is 5.32 Å². The average molecular weight is 511 g/mol. The van der Waals surface area contributed by atoms with Crippen LogP contribution in [0, 0.1) is 0 Å². The summed E-state index contributed by atoms with van der Waals surface area (Å²) in [4.78, 5) is 34.0. The van der Waals surface area contributed by atoms with E-state index in [1.807, 2.05) is 0 Å². The normalized spacial score (nSPS) is 15.4. The Morgan fingerprint density at radius 1 is 1.14 bits per heavy atom. The van der Waals surface area contributed by atoms with E-state index in [9.17, 15) is 27.9 Å². The summed E-state index contributed by atoms with van der Waals surface area (Å²) in [6, 6.07) is 10.2. The molecule has 0 saturated carbocycles. The number of aromatic nitrogens is 3. The minimum Gasteiger partial charge on any atom is -0.465 e.